The fourth-order valence-electron chi connectivity index (χ4n) is 1.48. The minimum absolute atomic E-state index is 0.0262. The summed E-state index contributed by atoms with van der Waals surface area (Å²) in [6, 6.07) is 6.10. The Hall–Kier alpha value is -2.04. The number of aliphatic carboxylic acids is 1. The van der Waals surface area contributed by atoms with Crippen LogP contribution in [0.15, 0.2) is 29.3 Å². The highest BCUT2D eigenvalue weighted by Crippen LogP contribution is 2.16. The van der Waals surface area contributed by atoms with Crippen LogP contribution in [-0.2, 0) is 9.53 Å². The van der Waals surface area contributed by atoms with Gasteiger partial charge in [-0.15, -0.1) is 0 Å². The summed E-state index contributed by atoms with van der Waals surface area (Å²) in [5.74, 6) is -0.278. The summed E-state index contributed by atoms with van der Waals surface area (Å²) >= 11 is 0. The third-order valence-electron chi connectivity index (χ3n) is 2.24. The number of nitrogens with zero attached hydrogens (tertiary/aromatic N) is 1. The maximum absolute atomic E-state index is 10.5. The van der Waals surface area contributed by atoms with Crippen LogP contribution in [0.2, 0.25) is 0 Å². The summed E-state index contributed by atoms with van der Waals surface area (Å²) < 4.78 is 5.30. The molecule has 1 aromatic rings. The van der Waals surface area contributed by atoms with Crippen LogP contribution in [-0.4, -0.2) is 34.7 Å². The largest absolute Gasteiger partial charge is 0.508 e. The van der Waals surface area contributed by atoms with Gasteiger partial charge in [-0.2, -0.15) is 0 Å². The number of carboxylic acids is 1. The molecule has 0 spiro atoms. The van der Waals surface area contributed by atoms with Crippen LogP contribution in [0.4, 0.5) is 0 Å². The molecule has 16 heavy (non-hydrogen) atoms. The van der Waals surface area contributed by atoms with Crippen LogP contribution in [0, 0.1) is 0 Å². The molecule has 0 fully saturated rings. The van der Waals surface area contributed by atoms with Crippen molar-refractivity contribution in [3.8, 4) is 5.75 Å². The highest BCUT2D eigenvalue weighted by atomic mass is 16.5. The minimum Gasteiger partial charge on any atom is -0.508 e. The molecule has 0 amide bonds. The topological polar surface area (TPSA) is 79.1 Å². The van der Waals surface area contributed by atoms with Gasteiger partial charge in [0.2, 0.25) is 5.90 Å². The number of benzene rings is 1. The fraction of sp³-hybridized carbons (Fsp3) is 0.273. The molecular formula is C11H11NO4. The van der Waals surface area contributed by atoms with Gasteiger partial charge in [0, 0.05) is 5.56 Å². The lowest BCUT2D eigenvalue weighted by Crippen LogP contribution is -2.12. The van der Waals surface area contributed by atoms with E-state index < -0.39 is 5.97 Å². The Labute approximate surface area is 92.0 Å². The molecule has 5 heteroatoms. The van der Waals surface area contributed by atoms with Gasteiger partial charge < -0.3 is 14.9 Å². The van der Waals surface area contributed by atoms with Crippen LogP contribution >= 0.6 is 0 Å². The monoisotopic (exact) mass is 221 g/mol. The van der Waals surface area contributed by atoms with Crippen molar-refractivity contribution in [1.29, 1.82) is 0 Å². The minimum atomic E-state index is -0.885. The van der Waals surface area contributed by atoms with Crippen molar-refractivity contribution < 1.29 is 19.7 Å². The molecule has 1 heterocycles. The molecule has 84 valence electrons. The first-order valence-corrected chi connectivity index (χ1v) is 4.87. The summed E-state index contributed by atoms with van der Waals surface area (Å²) in [4.78, 5) is 14.6. The molecule has 1 aromatic carbocycles. The maximum atomic E-state index is 10.5. The van der Waals surface area contributed by atoms with Crippen LogP contribution in [0.5, 0.6) is 5.75 Å². The molecule has 5 nitrogen and oxygen atoms in total. The van der Waals surface area contributed by atoms with E-state index in [1.807, 2.05) is 0 Å². The predicted molar refractivity (Wildman–Crippen MR) is 56.6 cm³/mol. The number of phenolic OH excluding ortho intramolecular Hbond substituents is 1. The van der Waals surface area contributed by atoms with E-state index in [0.717, 1.165) is 5.56 Å². The third kappa shape index (κ3) is 2.31. The first kappa shape index (κ1) is 10.5. The Morgan fingerprint density at radius 1 is 1.44 bits per heavy atom. The summed E-state index contributed by atoms with van der Waals surface area (Å²) in [6.45, 7) is 0.294. The second-order valence-corrected chi connectivity index (χ2v) is 3.54. The van der Waals surface area contributed by atoms with Crippen molar-refractivity contribution in [2.45, 2.75) is 12.5 Å². The van der Waals surface area contributed by atoms with Crippen LogP contribution in [0.3, 0.4) is 0 Å². The molecule has 0 saturated carbocycles. The molecule has 2 rings (SSSR count). The van der Waals surface area contributed by atoms with Gasteiger partial charge in [-0.25, -0.2) is 4.99 Å². The molecule has 0 aromatic heterocycles. The average Bonchev–Trinajstić information content (AvgIpc) is 2.66. The number of phenols is 1. The number of hydrogen-bond acceptors (Lipinski definition) is 4. The number of carboxylic acid groups (broad SMARTS) is 1. The van der Waals surface area contributed by atoms with Crippen LogP contribution < -0.4 is 0 Å². The highest BCUT2D eigenvalue weighted by Gasteiger charge is 2.22. The van der Waals surface area contributed by atoms with E-state index in [1.54, 1.807) is 12.1 Å². The van der Waals surface area contributed by atoms with Crippen LogP contribution in [0.25, 0.3) is 0 Å². The van der Waals surface area contributed by atoms with Gasteiger partial charge in [0.1, 0.15) is 12.4 Å². The second kappa shape index (κ2) is 4.22. The number of aromatic hydroxyl groups is 1. The molecule has 0 radical (unpaired) electrons. The van der Waals surface area contributed by atoms with Crippen LogP contribution in [0.1, 0.15) is 12.0 Å². The van der Waals surface area contributed by atoms with E-state index in [2.05, 4.69) is 4.99 Å². The van der Waals surface area contributed by atoms with Gasteiger partial charge in [0.25, 0.3) is 0 Å². The SMILES string of the molecule is O=C(O)CC1COC(c2ccc(O)cc2)=N1. The lowest BCUT2D eigenvalue weighted by molar-refractivity contribution is -0.137. The van der Waals surface area contributed by atoms with Gasteiger partial charge in [-0.3, -0.25) is 4.79 Å². The summed E-state index contributed by atoms with van der Waals surface area (Å²) in [5.41, 5.74) is 0.741. The van der Waals surface area contributed by atoms with Crippen molar-refractivity contribution in [3.63, 3.8) is 0 Å². The first-order valence-electron chi connectivity index (χ1n) is 4.87. The van der Waals surface area contributed by atoms with Gasteiger partial charge in [-0.1, -0.05) is 0 Å². The smallest absolute Gasteiger partial charge is 0.305 e. The van der Waals surface area contributed by atoms with Gasteiger partial charge in [-0.05, 0) is 24.3 Å². The molecule has 1 unspecified atom stereocenters. The number of aliphatic imine (C=N–C) groups is 1. The Bertz CT molecular complexity index is 424. The molecule has 1 aliphatic heterocycles. The zero-order chi connectivity index (χ0) is 11.5. The van der Waals surface area contributed by atoms with Crippen molar-refractivity contribution >= 4 is 11.9 Å². The molecule has 1 atom stereocenters. The van der Waals surface area contributed by atoms with E-state index in [-0.39, 0.29) is 18.2 Å². The molecule has 0 bridgehead atoms. The number of hydrogen-bond donors (Lipinski definition) is 2. The van der Waals surface area contributed by atoms with E-state index in [1.165, 1.54) is 12.1 Å². The number of ether oxygens (including phenoxy) is 1. The standard InChI is InChI=1S/C11H11NO4/c13-9-3-1-7(2-4-9)11-12-8(6-16-11)5-10(14)15/h1-4,8,13H,5-6H2,(H,14,15). The van der Waals surface area contributed by atoms with Crippen molar-refractivity contribution in [1.82, 2.24) is 0 Å². The lowest BCUT2D eigenvalue weighted by Gasteiger charge is -2.00. The van der Waals surface area contributed by atoms with Gasteiger partial charge in [0.05, 0.1) is 12.5 Å². The van der Waals surface area contributed by atoms with E-state index in [4.69, 9.17) is 14.9 Å². The van der Waals surface area contributed by atoms with E-state index in [9.17, 15) is 4.79 Å². The van der Waals surface area contributed by atoms with Crippen molar-refractivity contribution in [2.24, 2.45) is 4.99 Å². The van der Waals surface area contributed by atoms with Gasteiger partial charge >= 0.3 is 5.97 Å². The molecular weight excluding hydrogens is 210 g/mol. The highest BCUT2D eigenvalue weighted by molar-refractivity contribution is 5.95. The van der Waals surface area contributed by atoms with E-state index in [0.29, 0.717) is 12.5 Å². The van der Waals surface area contributed by atoms with E-state index >= 15 is 0 Å². The Balaban J connectivity index is 2.11. The third-order valence-corrected chi connectivity index (χ3v) is 2.24. The Kier molecular flexibility index (Phi) is 2.76. The number of carbonyl (C=O) groups is 1. The first-order chi connectivity index (χ1) is 7.65. The van der Waals surface area contributed by atoms with Crippen molar-refractivity contribution in [2.75, 3.05) is 6.61 Å². The fourth-order valence-corrected chi connectivity index (χ4v) is 1.48. The normalized spacial score (nSPS) is 19.0. The second-order valence-electron chi connectivity index (χ2n) is 3.54. The van der Waals surface area contributed by atoms with Gasteiger partial charge in [0.15, 0.2) is 0 Å². The zero-order valence-corrected chi connectivity index (χ0v) is 8.46. The van der Waals surface area contributed by atoms with Crippen molar-refractivity contribution in [3.05, 3.63) is 29.8 Å². The summed E-state index contributed by atoms with van der Waals surface area (Å²) in [7, 11) is 0. The summed E-state index contributed by atoms with van der Waals surface area (Å²) in [5, 5.41) is 17.7. The summed E-state index contributed by atoms with van der Waals surface area (Å²) in [6.07, 6.45) is -0.0262. The zero-order valence-electron chi connectivity index (χ0n) is 8.46. The lowest BCUT2D eigenvalue weighted by atomic mass is 10.2. The predicted octanol–water partition coefficient (Wildman–Crippen LogP) is 1.01. The quantitative estimate of drug-likeness (QED) is 0.798. The molecule has 0 aliphatic carbocycles. The molecule has 1 aliphatic rings. The Morgan fingerprint density at radius 2 is 2.12 bits per heavy atom. The molecule has 0 saturated heterocycles. The maximum Gasteiger partial charge on any atom is 0.305 e. The Morgan fingerprint density at radius 3 is 2.75 bits per heavy atom. The number of rotatable bonds is 3. The average molecular weight is 221 g/mol. The molecule has 2 N–H and O–H groups in total.